The zero-order valence-electron chi connectivity index (χ0n) is 14.7. The maximum Gasteiger partial charge on any atom is 0.414 e. The highest BCUT2D eigenvalue weighted by molar-refractivity contribution is 5.90. The molecule has 9 heteroatoms. The summed E-state index contributed by atoms with van der Waals surface area (Å²) >= 11 is 0. The fourth-order valence-corrected chi connectivity index (χ4v) is 3.98. The molecule has 0 radical (unpaired) electrons. The zero-order valence-corrected chi connectivity index (χ0v) is 14.7. The second-order valence-electron chi connectivity index (χ2n) is 7.24. The number of amides is 2. The van der Waals surface area contributed by atoms with E-state index in [1.807, 2.05) is 4.90 Å². The number of cyclic esters (lactones) is 1. The van der Waals surface area contributed by atoms with Crippen molar-refractivity contribution in [2.75, 3.05) is 36.0 Å². The Morgan fingerprint density at radius 1 is 1.41 bits per heavy atom. The number of fused-ring (bicyclic) bond motifs is 1. The number of anilines is 2. The van der Waals surface area contributed by atoms with Crippen LogP contribution in [0.2, 0.25) is 0 Å². The Bertz CT molecular complexity index is 829. The first-order valence-corrected chi connectivity index (χ1v) is 8.78. The lowest BCUT2D eigenvalue weighted by molar-refractivity contribution is -0.166. The van der Waals surface area contributed by atoms with Gasteiger partial charge in [0.25, 0.3) is 0 Å². The van der Waals surface area contributed by atoms with Crippen LogP contribution in [-0.2, 0) is 9.53 Å². The normalized spacial score (nSPS) is 28.6. The number of hydrogen-bond donors (Lipinski definition) is 1. The van der Waals surface area contributed by atoms with E-state index in [1.54, 1.807) is 12.1 Å². The molecule has 1 saturated carbocycles. The Morgan fingerprint density at radius 2 is 2.11 bits per heavy atom. The average Bonchev–Trinajstić information content (AvgIpc) is 2.92. The van der Waals surface area contributed by atoms with Gasteiger partial charge in [-0.15, -0.1) is 0 Å². The van der Waals surface area contributed by atoms with Gasteiger partial charge in [0.2, 0.25) is 5.91 Å². The summed E-state index contributed by atoms with van der Waals surface area (Å²) in [6, 6.07) is 6.84. The minimum atomic E-state index is -0.692. The molecule has 0 aromatic heterocycles. The van der Waals surface area contributed by atoms with Gasteiger partial charge in [-0.1, -0.05) is 0 Å². The molecule has 3 fully saturated rings. The Balaban J connectivity index is 1.43. The molecule has 27 heavy (non-hydrogen) atoms. The Hall–Kier alpha value is -2.86. The molecule has 4 atom stereocenters. The molecule has 1 N–H and O–H groups in total. The number of rotatable bonds is 4. The van der Waals surface area contributed by atoms with Crippen molar-refractivity contribution in [1.82, 2.24) is 5.06 Å². The maximum absolute atomic E-state index is 14.6. The lowest BCUT2D eigenvalue weighted by Gasteiger charge is -2.23. The van der Waals surface area contributed by atoms with Crippen molar-refractivity contribution >= 4 is 23.4 Å². The number of nitrogens with zero attached hydrogens (tertiary/aromatic N) is 4. The molecule has 8 nitrogen and oxygen atoms in total. The maximum atomic E-state index is 14.6. The van der Waals surface area contributed by atoms with Crippen LogP contribution in [0.15, 0.2) is 18.2 Å². The third kappa shape index (κ3) is 3.06. The number of ether oxygens (including phenoxy) is 1. The van der Waals surface area contributed by atoms with Crippen molar-refractivity contribution in [3.8, 4) is 6.07 Å². The van der Waals surface area contributed by atoms with E-state index in [9.17, 15) is 19.2 Å². The number of carbonyl (C=O) groups is 2. The number of hydrogen-bond acceptors (Lipinski definition) is 6. The highest BCUT2D eigenvalue weighted by atomic mass is 19.1. The summed E-state index contributed by atoms with van der Waals surface area (Å²) in [6.07, 6.45) is -1.34. The zero-order chi connectivity index (χ0) is 19.3. The summed E-state index contributed by atoms with van der Waals surface area (Å²) in [5, 5.41) is 18.9. The SMILES string of the molecule is CC(=O)N(O)C[C@@H]1CN(c2ccc(N3C[C@@H]4C(C#N)[C@@H]4C3)c(F)c2)C(=O)O1. The largest absolute Gasteiger partial charge is 0.442 e. The molecule has 1 aliphatic carbocycles. The highest BCUT2D eigenvalue weighted by Gasteiger charge is 2.56. The second kappa shape index (κ2) is 6.39. The summed E-state index contributed by atoms with van der Waals surface area (Å²) in [5.41, 5.74) is 0.820. The number of benzene rings is 1. The highest BCUT2D eigenvalue weighted by Crippen LogP contribution is 2.52. The fraction of sp³-hybridized carbons (Fsp3) is 0.500. The van der Waals surface area contributed by atoms with Crippen LogP contribution in [-0.4, -0.2) is 54.6 Å². The van der Waals surface area contributed by atoms with Crippen LogP contribution >= 0.6 is 0 Å². The van der Waals surface area contributed by atoms with Crippen LogP contribution in [0.5, 0.6) is 0 Å². The van der Waals surface area contributed by atoms with Crippen molar-refractivity contribution < 1.29 is 23.9 Å². The molecule has 0 bridgehead atoms. The number of nitriles is 1. The predicted octanol–water partition coefficient (Wildman–Crippen LogP) is 1.59. The van der Waals surface area contributed by atoms with Gasteiger partial charge in [0.1, 0.15) is 11.9 Å². The lowest BCUT2D eigenvalue weighted by Crippen LogP contribution is -2.35. The Morgan fingerprint density at radius 3 is 2.70 bits per heavy atom. The molecule has 3 aliphatic rings. The molecule has 1 aromatic rings. The minimum absolute atomic E-state index is 0.0981. The smallest absolute Gasteiger partial charge is 0.414 e. The third-order valence-electron chi connectivity index (χ3n) is 5.54. The molecular formula is C18H19FN4O4. The van der Waals surface area contributed by atoms with Gasteiger partial charge in [0.05, 0.1) is 36.5 Å². The molecule has 2 saturated heterocycles. The van der Waals surface area contributed by atoms with Gasteiger partial charge in [-0.3, -0.25) is 14.9 Å². The molecule has 4 rings (SSSR count). The average molecular weight is 374 g/mol. The number of halogens is 1. The van der Waals surface area contributed by atoms with Crippen LogP contribution in [0, 0.1) is 34.9 Å². The van der Waals surface area contributed by atoms with Crippen molar-refractivity contribution in [3.63, 3.8) is 0 Å². The number of carbonyl (C=O) groups excluding carboxylic acids is 2. The van der Waals surface area contributed by atoms with E-state index < -0.39 is 23.9 Å². The summed E-state index contributed by atoms with van der Waals surface area (Å²) in [6.45, 7) is 2.51. The number of hydroxylamine groups is 2. The van der Waals surface area contributed by atoms with Crippen molar-refractivity contribution in [3.05, 3.63) is 24.0 Å². The Kier molecular flexibility index (Phi) is 4.15. The molecule has 142 valence electrons. The first kappa shape index (κ1) is 17.5. The van der Waals surface area contributed by atoms with Crippen LogP contribution < -0.4 is 9.80 Å². The van der Waals surface area contributed by atoms with Crippen molar-refractivity contribution in [2.45, 2.75) is 13.0 Å². The van der Waals surface area contributed by atoms with Gasteiger partial charge in [-0.25, -0.2) is 14.2 Å². The fourth-order valence-electron chi connectivity index (χ4n) is 3.98. The lowest BCUT2D eigenvalue weighted by atomic mass is 10.2. The summed E-state index contributed by atoms with van der Waals surface area (Å²) < 4.78 is 19.8. The van der Waals surface area contributed by atoms with E-state index in [-0.39, 0.29) is 19.0 Å². The minimum Gasteiger partial charge on any atom is -0.442 e. The van der Waals surface area contributed by atoms with Gasteiger partial charge in [0, 0.05) is 20.0 Å². The van der Waals surface area contributed by atoms with E-state index >= 15 is 0 Å². The van der Waals surface area contributed by atoms with Crippen LogP contribution in [0.1, 0.15) is 6.92 Å². The summed E-state index contributed by atoms with van der Waals surface area (Å²) in [7, 11) is 0. The van der Waals surface area contributed by atoms with E-state index in [4.69, 9.17) is 10.00 Å². The van der Waals surface area contributed by atoms with Gasteiger partial charge in [-0.05, 0) is 30.0 Å². The molecule has 1 unspecified atom stereocenters. The molecule has 2 heterocycles. The molecule has 0 spiro atoms. The van der Waals surface area contributed by atoms with Crippen LogP contribution in [0.4, 0.5) is 20.6 Å². The van der Waals surface area contributed by atoms with Gasteiger partial charge in [-0.2, -0.15) is 5.26 Å². The van der Waals surface area contributed by atoms with Gasteiger partial charge in [0.15, 0.2) is 0 Å². The predicted molar refractivity (Wildman–Crippen MR) is 91.5 cm³/mol. The first-order valence-electron chi connectivity index (χ1n) is 8.78. The van der Waals surface area contributed by atoms with Gasteiger partial charge < -0.3 is 9.64 Å². The van der Waals surface area contributed by atoms with Crippen molar-refractivity contribution in [1.29, 1.82) is 5.26 Å². The summed E-state index contributed by atoms with van der Waals surface area (Å²) in [5.74, 6) is -0.244. The van der Waals surface area contributed by atoms with Gasteiger partial charge >= 0.3 is 6.09 Å². The van der Waals surface area contributed by atoms with Crippen LogP contribution in [0.3, 0.4) is 0 Å². The topological polar surface area (TPSA) is 97.1 Å². The van der Waals surface area contributed by atoms with E-state index in [2.05, 4.69) is 6.07 Å². The van der Waals surface area contributed by atoms with E-state index in [1.165, 1.54) is 17.9 Å². The Labute approximate surface area is 155 Å². The number of piperidine rings is 1. The molecule has 2 amide bonds. The molecule has 2 aliphatic heterocycles. The monoisotopic (exact) mass is 374 g/mol. The third-order valence-corrected chi connectivity index (χ3v) is 5.54. The van der Waals surface area contributed by atoms with Crippen LogP contribution in [0.25, 0.3) is 0 Å². The van der Waals surface area contributed by atoms with E-state index in [0.29, 0.717) is 41.4 Å². The first-order chi connectivity index (χ1) is 12.9. The van der Waals surface area contributed by atoms with Crippen molar-refractivity contribution in [2.24, 2.45) is 17.8 Å². The second-order valence-corrected chi connectivity index (χ2v) is 7.24. The standard InChI is InChI=1S/C18H19FN4O4/c1-10(24)23(26)7-12-6-22(18(25)27-12)11-2-3-17(16(19)4-11)21-8-14-13(5-20)15(14)9-21/h2-4,12-15,26H,6-9H2,1H3/t12-,13?,14-,15+/m0/s1. The van der Waals surface area contributed by atoms with E-state index in [0.717, 1.165) is 0 Å². The molecule has 1 aromatic carbocycles. The summed E-state index contributed by atoms with van der Waals surface area (Å²) in [4.78, 5) is 26.4. The quantitative estimate of drug-likeness (QED) is 0.635. The molecular weight excluding hydrogens is 355 g/mol.